The molecule has 0 atom stereocenters. The van der Waals surface area contributed by atoms with E-state index in [9.17, 15) is 4.79 Å². The number of carbonyl (C=O) groups is 1. The van der Waals surface area contributed by atoms with Gasteiger partial charge < -0.3 is 15.2 Å². The smallest absolute Gasteiger partial charge is 0.240 e. The van der Waals surface area contributed by atoms with Crippen LogP contribution < -0.4 is 10.6 Å². The Morgan fingerprint density at radius 1 is 1.38 bits per heavy atom. The Balaban J connectivity index is 1.80. The molecule has 1 aliphatic carbocycles. The fourth-order valence-corrected chi connectivity index (χ4v) is 2.51. The van der Waals surface area contributed by atoms with E-state index in [0.29, 0.717) is 6.04 Å². The van der Waals surface area contributed by atoms with Gasteiger partial charge in [-0.05, 0) is 29.9 Å². The second-order valence-corrected chi connectivity index (χ2v) is 5.39. The van der Waals surface area contributed by atoms with Crippen molar-refractivity contribution in [3.05, 3.63) is 36.0 Å². The lowest BCUT2D eigenvalue weighted by atomic mass is 10.1. The molecule has 21 heavy (non-hydrogen) atoms. The number of nitrogens with one attached hydrogen (secondary N) is 2. The van der Waals surface area contributed by atoms with Crippen LogP contribution in [0.4, 0.5) is 0 Å². The van der Waals surface area contributed by atoms with Crippen LogP contribution in [0.5, 0.6) is 0 Å². The summed E-state index contributed by atoms with van der Waals surface area (Å²) < 4.78 is 1.95. The molecule has 2 aromatic rings. The van der Waals surface area contributed by atoms with Gasteiger partial charge in [-0.1, -0.05) is 18.2 Å². The molecule has 1 heterocycles. The summed E-state index contributed by atoms with van der Waals surface area (Å²) in [7, 11) is 0. The van der Waals surface area contributed by atoms with E-state index in [0.717, 1.165) is 17.4 Å². The van der Waals surface area contributed by atoms with Gasteiger partial charge in [0.25, 0.3) is 0 Å². The number of rotatable bonds is 6. The van der Waals surface area contributed by atoms with Crippen molar-refractivity contribution in [1.82, 2.24) is 15.2 Å². The van der Waals surface area contributed by atoms with Crippen LogP contribution in [-0.4, -0.2) is 23.1 Å². The minimum atomic E-state index is -0.140. The Morgan fingerprint density at radius 3 is 3.00 bits per heavy atom. The molecule has 1 aromatic carbocycles. The van der Waals surface area contributed by atoms with E-state index in [2.05, 4.69) is 22.8 Å². The Hall–Kier alpha value is -2.32. The fourth-order valence-electron chi connectivity index (χ4n) is 2.51. The number of amides is 1. The molecule has 0 bridgehead atoms. The first-order valence-corrected chi connectivity index (χ1v) is 7.21. The van der Waals surface area contributed by atoms with Crippen LogP contribution >= 0.6 is 0 Å². The van der Waals surface area contributed by atoms with Gasteiger partial charge in [0.05, 0.1) is 11.6 Å². The first-order chi connectivity index (χ1) is 10.3. The van der Waals surface area contributed by atoms with Crippen molar-refractivity contribution in [1.29, 1.82) is 5.26 Å². The van der Waals surface area contributed by atoms with Crippen molar-refractivity contribution >= 4 is 16.8 Å². The van der Waals surface area contributed by atoms with E-state index in [-0.39, 0.29) is 19.0 Å². The third kappa shape index (κ3) is 3.23. The molecule has 0 radical (unpaired) electrons. The zero-order valence-corrected chi connectivity index (χ0v) is 11.8. The quantitative estimate of drug-likeness (QED) is 0.789. The number of aromatic nitrogens is 1. The Labute approximate surface area is 123 Å². The Bertz CT molecular complexity index is 694. The molecule has 1 aromatic heterocycles. The summed E-state index contributed by atoms with van der Waals surface area (Å²) in [6.45, 7) is 1.12. The number of hydrogen-bond acceptors (Lipinski definition) is 3. The van der Waals surface area contributed by atoms with E-state index < -0.39 is 0 Å². The van der Waals surface area contributed by atoms with E-state index in [1.807, 2.05) is 29.0 Å². The zero-order valence-electron chi connectivity index (χ0n) is 11.8. The Morgan fingerprint density at radius 2 is 2.24 bits per heavy atom. The molecule has 0 saturated heterocycles. The predicted molar refractivity (Wildman–Crippen MR) is 80.4 cm³/mol. The van der Waals surface area contributed by atoms with Gasteiger partial charge in [-0.2, -0.15) is 5.26 Å². The van der Waals surface area contributed by atoms with Crippen LogP contribution in [0.15, 0.2) is 30.5 Å². The van der Waals surface area contributed by atoms with Gasteiger partial charge in [-0.3, -0.25) is 4.79 Å². The summed E-state index contributed by atoms with van der Waals surface area (Å²) in [4.78, 5) is 11.8. The van der Waals surface area contributed by atoms with Crippen LogP contribution in [0.25, 0.3) is 10.9 Å². The summed E-state index contributed by atoms with van der Waals surface area (Å²) in [6, 6.07) is 10.8. The highest BCUT2D eigenvalue weighted by atomic mass is 16.1. The second-order valence-electron chi connectivity index (χ2n) is 5.39. The lowest BCUT2D eigenvalue weighted by molar-refractivity contribution is -0.121. The topological polar surface area (TPSA) is 69.8 Å². The highest BCUT2D eigenvalue weighted by Gasteiger charge is 2.20. The van der Waals surface area contributed by atoms with Gasteiger partial charge in [0.1, 0.15) is 13.1 Å². The molecule has 1 amide bonds. The summed E-state index contributed by atoms with van der Waals surface area (Å²) in [5, 5.41) is 15.7. The number of fused-ring (bicyclic) bond motifs is 1. The SMILES string of the molecule is N#CCNC(=O)Cn1ccc2cccc(CNC3CC3)c21. The fraction of sp³-hybridized carbons (Fsp3) is 0.375. The molecular weight excluding hydrogens is 264 g/mol. The molecule has 3 rings (SSSR count). The molecule has 0 spiro atoms. The van der Waals surface area contributed by atoms with Gasteiger partial charge in [-0.25, -0.2) is 0 Å². The van der Waals surface area contributed by atoms with Crippen LogP contribution in [-0.2, 0) is 17.9 Å². The number of carbonyl (C=O) groups excluding carboxylic acids is 1. The van der Waals surface area contributed by atoms with Gasteiger partial charge in [-0.15, -0.1) is 0 Å². The maximum absolute atomic E-state index is 11.8. The third-order valence-corrected chi connectivity index (χ3v) is 3.71. The highest BCUT2D eigenvalue weighted by Crippen LogP contribution is 2.23. The first kappa shape index (κ1) is 13.7. The van der Waals surface area contributed by atoms with Crippen LogP contribution in [0, 0.1) is 11.3 Å². The van der Waals surface area contributed by atoms with Crippen molar-refractivity contribution in [2.45, 2.75) is 32.0 Å². The average Bonchev–Trinajstić information content (AvgIpc) is 3.24. The van der Waals surface area contributed by atoms with Crippen molar-refractivity contribution in [3.63, 3.8) is 0 Å². The summed E-state index contributed by atoms with van der Waals surface area (Å²) in [5.74, 6) is -0.140. The standard InChI is InChI=1S/C16H18N4O/c17-7-8-18-15(21)11-20-9-6-12-2-1-3-13(16(12)20)10-19-14-4-5-14/h1-3,6,9,14,19H,4-5,8,10-11H2,(H,18,21). The summed E-state index contributed by atoms with van der Waals surface area (Å²) in [6.07, 6.45) is 4.44. The summed E-state index contributed by atoms with van der Waals surface area (Å²) in [5.41, 5.74) is 2.30. The molecule has 0 unspecified atom stereocenters. The largest absolute Gasteiger partial charge is 0.341 e. The predicted octanol–water partition coefficient (Wildman–Crippen LogP) is 1.53. The van der Waals surface area contributed by atoms with Crippen LogP contribution in [0.2, 0.25) is 0 Å². The number of para-hydroxylation sites is 1. The van der Waals surface area contributed by atoms with Crippen molar-refractivity contribution in [3.8, 4) is 6.07 Å². The van der Waals surface area contributed by atoms with Gasteiger partial charge >= 0.3 is 0 Å². The maximum atomic E-state index is 11.8. The minimum absolute atomic E-state index is 0.0497. The lowest BCUT2D eigenvalue weighted by Gasteiger charge is -2.10. The first-order valence-electron chi connectivity index (χ1n) is 7.21. The second kappa shape index (κ2) is 5.98. The van der Waals surface area contributed by atoms with Gasteiger partial charge in [0.15, 0.2) is 0 Å². The van der Waals surface area contributed by atoms with E-state index >= 15 is 0 Å². The molecule has 1 fully saturated rings. The molecule has 5 nitrogen and oxygen atoms in total. The van der Waals surface area contributed by atoms with E-state index in [4.69, 9.17) is 5.26 Å². The molecule has 1 saturated carbocycles. The van der Waals surface area contributed by atoms with Crippen molar-refractivity contribution in [2.75, 3.05) is 6.54 Å². The van der Waals surface area contributed by atoms with Crippen molar-refractivity contribution < 1.29 is 4.79 Å². The van der Waals surface area contributed by atoms with Gasteiger partial charge in [0, 0.05) is 18.8 Å². The minimum Gasteiger partial charge on any atom is -0.341 e. The van der Waals surface area contributed by atoms with Crippen LogP contribution in [0.1, 0.15) is 18.4 Å². The number of nitrogens with zero attached hydrogens (tertiary/aromatic N) is 2. The van der Waals surface area contributed by atoms with E-state index in [1.165, 1.54) is 18.4 Å². The zero-order chi connectivity index (χ0) is 14.7. The highest BCUT2D eigenvalue weighted by molar-refractivity contribution is 5.85. The van der Waals surface area contributed by atoms with Crippen LogP contribution in [0.3, 0.4) is 0 Å². The maximum Gasteiger partial charge on any atom is 0.240 e. The average molecular weight is 282 g/mol. The van der Waals surface area contributed by atoms with E-state index in [1.54, 1.807) is 0 Å². The monoisotopic (exact) mass is 282 g/mol. The Kier molecular flexibility index (Phi) is 3.89. The molecular formula is C16H18N4O. The molecule has 1 aliphatic rings. The number of hydrogen-bond donors (Lipinski definition) is 2. The summed E-state index contributed by atoms with van der Waals surface area (Å²) >= 11 is 0. The molecule has 2 N–H and O–H groups in total. The molecule has 0 aliphatic heterocycles. The van der Waals surface area contributed by atoms with Crippen molar-refractivity contribution in [2.24, 2.45) is 0 Å². The lowest BCUT2D eigenvalue weighted by Crippen LogP contribution is -2.27. The molecule has 108 valence electrons. The third-order valence-electron chi connectivity index (χ3n) is 3.71. The normalized spacial score (nSPS) is 14.0. The number of benzene rings is 1. The molecule has 5 heteroatoms. The van der Waals surface area contributed by atoms with Gasteiger partial charge in [0.2, 0.25) is 5.91 Å². The number of nitriles is 1.